The van der Waals surface area contributed by atoms with Gasteiger partial charge in [0.1, 0.15) is 6.04 Å². The molecule has 5 rings (SSSR count). The second-order valence-corrected chi connectivity index (χ2v) is 13.2. The maximum Gasteiger partial charge on any atom is 0.247 e. The topological polar surface area (TPSA) is 83.1 Å². The van der Waals surface area contributed by atoms with Gasteiger partial charge in [0.2, 0.25) is 15.9 Å². The van der Waals surface area contributed by atoms with E-state index in [0.717, 1.165) is 66.2 Å². The van der Waals surface area contributed by atoms with Crippen molar-refractivity contribution in [3.8, 4) is 0 Å². The van der Waals surface area contributed by atoms with Gasteiger partial charge in [0.05, 0.1) is 28.3 Å². The SMILES string of the molecule is Cc1ccc(S(=O)(=O)N2CCCC2C(=O)N(CCCN2CCOCC2)c2nc3cc(C)cc(C)c3s2)cc1. The number of carbonyl (C=O) groups excluding carboxylic acids is 1. The van der Waals surface area contributed by atoms with Crippen LogP contribution >= 0.6 is 11.3 Å². The van der Waals surface area contributed by atoms with Crippen LogP contribution < -0.4 is 4.90 Å². The molecule has 1 amide bonds. The Hall–Kier alpha value is -2.37. The number of benzene rings is 2. The molecular weight excluding hydrogens is 520 g/mol. The molecule has 2 aromatic carbocycles. The van der Waals surface area contributed by atoms with Gasteiger partial charge in [-0.15, -0.1) is 0 Å². The molecule has 0 bridgehead atoms. The molecule has 2 aliphatic rings. The largest absolute Gasteiger partial charge is 0.379 e. The Kier molecular flexibility index (Phi) is 8.16. The summed E-state index contributed by atoms with van der Waals surface area (Å²) in [6.07, 6.45) is 1.94. The summed E-state index contributed by atoms with van der Waals surface area (Å²) in [5.74, 6) is -0.186. The average Bonchev–Trinajstić information content (AvgIpc) is 3.55. The van der Waals surface area contributed by atoms with E-state index in [9.17, 15) is 13.2 Å². The third-order valence-electron chi connectivity index (χ3n) is 7.38. The zero-order valence-corrected chi connectivity index (χ0v) is 24.0. The van der Waals surface area contributed by atoms with Crippen molar-refractivity contribution in [3.63, 3.8) is 0 Å². The zero-order chi connectivity index (χ0) is 26.9. The van der Waals surface area contributed by atoms with Crippen molar-refractivity contribution in [2.24, 2.45) is 0 Å². The van der Waals surface area contributed by atoms with E-state index in [-0.39, 0.29) is 10.8 Å². The molecule has 0 saturated carbocycles. The van der Waals surface area contributed by atoms with Gasteiger partial charge in [-0.05, 0) is 69.4 Å². The Bertz CT molecular complexity index is 1400. The van der Waals surface area contributed by atoms with Crippen LogP contribution in [-0.4, -0.2) is 80.5 Å². The molecule has 3 aromatic rings. The molecule has 204 valence electrons. The molecule has 1 atom stereocenters. The number of aromatic nitrogens is 1. The molecule has 0 N–H and O–H groups in total. The highest BCUT2D eigenvalue weighted by Crippen LogP contribution is 2.34. The number of hydrogen-bond acceptors (Lipinski definition) is 7. The number of anilines is 1. The van der Waals surface area contributed by atoms with Crippen LogP contribution in [0.4, 0.5) is 5.13 Å². The predicted octanol–water partition coefficient (Wildman–Crippen LogP) is 4.13. The standard InChI is InChI=1S/C28H36N4O4S2/c1-20-7-9-23(10-8-20)38(34,35)32-13-4-6-25(32)27(33)31(12-5-11-30-14-16-36-17-15-30)28-29-24-19-21(2)18-22(3)26(24)37-28/h7-10,18-19,25H,4-6,11-17H2,1-3H3. The van der Waals surface area contributed by atoms with E-state index in [0.29, 0.717) is 31.1 Å². The monoisotopic (exact) mass is 556 g/mol. The molecule has 2 aliphatic heterocycles. The van der Waals surface area contributed by atoms with E-state index in [1.165, 1.54) is 15.6 Å². The summed E-state index contributed by atoms with van der Waals surface area (Å²) in [6.45, 7) is 10.9. The van der Waals surface area contributed by atoms with Gasteiger partial charge in [0.15, 0.2) is 5.13 Å². The second kappa shape index (κ2) is 11.4. The van der Waals surface area contributed by atoms with E-state index >= 15 is 0 Å². The summed E-state index contributed by atoms with van der Waals surface area (Å²) >= 11 is 1.51. The number of thiazole rings is 1. The minimum absolute atomic E-state index is 0.186. The lowest BCUT2D eigenvalue weighted by atomic mass is 10.1. The number of aryl methyl sites for hydroxylation is 3. The third kappa shape index (κ3) is 5.65. The lowest BCUT2D eigenvalue weighted by Gasteiger charge is -2.30. The van der Waals surface area contributed by atoms with Crippen molar-refractivity contribution >= 4 is 42.6 Å². The number of rotatable bonds is 8. The van der Waals surface area contributed by atoms with Crippen molar-refractivity contribution in [3.05, 3.63) is 53.1 Å². The first kappa shape index (κ1) is 27.2. The number of fused-ring (bicyclic) bond motifs is 1. The molecule has 3 heterocycles. The summed E-state index contributed by atoms with van der Waals surface area (Å²) in [7, 11) is -3.79. The molecular formula is C28H36N4O4S2. The van der Waals surface area contributed by atoms with Crippen molar-refractivity contribution < 1.29 is 17.9 Å². The van der Waals surface area contributed by atoms with Crippen molar-refractivity contribution in [1.29, 1.82) is 0 Å². The number of morpholine rings is 1. The van der Waals surface area contributed by atoms with E-state index in [4.69, 9.17) is 9.72 Å². The summed E-state index contributed by atoms with van der Waals surface area (Å²) in [5, 5.41) is 0.639. The highest BCUT2D eigenvalue weighted by Gasteiger charge is 2.42. The van der Waals surface area contributed by atoms with Gasteiger partial charge < -0.3 is 4.74 Å². The lowest BCUT2D eigenvalue weighted by Crippen LogP contribution is -2.48. The molecule has 10 heteroatoms. The van der Waals surface area contributed by atoms with Crippen LogP contribution in [0.3, 0.4) is 0 Å². The number of hydrogen-bond donors (Lipinski definition) is 0. The minimum atomic E-state index is -3.79. The number of ether oxygens (including phenoxy) is 1. The molecule has 0 aliphatic carbocycles. The van der Waals surface area contributed by atoms with Crippen molar-refractivity contribution in [1.82, 2.24) is 14.2 Å². The minimum Gasteiger partial charge on any atom is -0.379 e. The van der Waals surface area contributed by atoms with Gasteiger partial charge in [0, 0.05) is 32.7 Å². The Morgan fingerprint density at radius 2 is 1.82 bits per heavy atom. The maximum absolute atomic E-state index is 14.2. The van der Waals surface area contributed by atoms with E-state index in [1.807, 2.05) is 19.9 Å². The first-order chi connectivity index (χ1) is 18.2. The number of amides is 1. The van der Waals surface area contributed by atoms with Gasteiger partial charge in [-0.2, -0.15) is 4.31 Å². The molecule has 0 radical (unpaired) electrons. The summed E-state index contributed by atoms with van der Waals surface area (Å²) in [4.78, 5) is 23.3. The van der Waals surface area contributed by atoms with Gasteiger partial charge in [-0.25, -0.2) is 13.4 Å². The molecule has 8 nitrogen and oxygen atoms in total. The Balaban J connectivity index is 1.43. The first-order valence-corrected chi connectivity index (χ1v) is 15.6. The highest BCUT2D eigenvalue weighted by molar-refractivity contribution is 7.89. The third-order valence-corrected chi connectivity index (χ3v) is 10.5. The van der Waals surface area contributed by atoms with Crippen molar-refractivity contribution in [2.45, 2.75) is 51.0 Å². The van der Waals surface area contributed by atoms with Crippen LogP contribution in [-0.2, 0) is 19.6 Å². The molecule has 1 unspecified atom stereocenters. The molecule has 1 aromatic heterocycles. The number of nitrogens with zero attached hydrogens (tertiary/aromatic N) is 4. The summed E-state index contributed by atoms with van der Waals surface area (Å²) in [5.41, 5.74) is 4.13. The van der Waals surface area contributed by atoms with Crippen LogP contribution in [0.15, 0.2) is 41.3 Å². The molecule has 0 spiro atoms. The van der Waals surface area contributed by atoms with Crippen LogP contribution in [0, 0.1) is 20.8 Å². The Morgan fingerprint density at radius 1 is 1.08 bits per heavy atom. The molecule has 38 heavy (non-hydrogen) atoms. The number of carbonyl (C=O) groups is 1. The zero-order valence-electron chi connectivity index (χ0n) is 22.4. The van der Waals surface area contributed by atoms with E-state index in [1.54, 1.807) is 29.2 Å². The van der Waals surface area contributed by atoms with Crippen LogP contribution in [0.5, 0.6) is 0 Å². The Morgan fingerprint density at radius 3 is 2.55 bits per heavy atom. The average molecular weight is 557 g/mol. The van der Waals surface area contributed by atoms with Gasteiger partial charge in [-0.3, -0.25) is 14.6 Å². The van der Waals surface area contributed by atoms with Gasteiger partial charge in [-0.1, -0.05) is 35.1 Å². The maximum atomic E-state index is 14.2. The van der Waals surface area contributed by atoms with E-state index < -0.39 is 16.1 Å². The Labute approximate surface area is 229 Å². The summed E-state index contributed by atoms with van der Waals surface area (Å²) in [6, 6.07) is 10.3. The van der Waals surface area contributed by atoms with Crippen molar-refractivity contribution in [2.75, 3.05) is 50.8 Å². The van der Waals surface area contributed by atoms with Gasteiger partial charge in [0.25, 0.3) is 0 Å². The predicted molar refractivity (Wildman–Crippen MR) is 151 cm³/mol. The fraction of sp³-hybridized carbons (Fsp3) is 0.500. The first-order valence-electron chi connectivity index (χ1n) is 13.3. The molecule has 2 fully saturated rings. The van der Waals surface area contributed by atoms with Gasteiger partial charge >= 0.3 is 0 Å². The highest BCUT2D eigenvalue weighted by atomic mass is 32.2. The normalized spacial score (nSPS) is 19.3. The summed E-state index contributed by atoms with van der Waals surface area (Å²) < 4.78 is 35.1. The molecule has 2 saturated heterocycles. The fourth-order valence-corrected chi connectivity index (χ4v) is 8.06. The van der Waals surface area contributed by atoms with E-state index in [2.05, 4.69) is 17.9 Å². The second-order valence-electron chi connectivity index (χ2n) is 10.3. The van der Waals surface area contributed by atoms with Crippen LogP contribution in [0.25, 0.3) is 10.2 Å². The smallest absolute Gasteiger partial charge is 0.247 e. The lowest BCUT2D eigenvalue weighted by molar-refractivity contribution is -0.121. The van der Waals surface area contributed by atoms with Crippen LogP contribution in [0.1, 0.15) is 36.0 Å². The van der Waals surface area contributed by atoms with Crippen LogP contribution in [0.2, 0.25) is 0 Å². The quantitative estimate of drug-likeness (QED) is 0.415. The number of sulfonamides is 1. The fourth-order valence-electron chi connectivity index (χ4n) is 5.36.